The number of nitrogens with two attached hydrogens (primary N) is 1. The quantitative estimate of drug-likeness (QED) is 0.795. The first-order valence-electron chi connectivity index (χ1n) is 7.35. The Hall–Kier alpha value is -1.92. The van der Waals surface area contributed by atoms with Crippen LogP contribution in [0, 0.1) is 5.41 Å². The Morgan fingerprint density at radius 3 is 2.73 bits per heavy atom. The summed E-state index contributed by atoms with van der Waals surface area (Å²) in [4.78, 5) is 23.9. The van der Waals surface area contributed by atoms with Crippen LogP contribution in [0.2, 0.25) is 0 Å². The van der Waals surface area contributed by atoms with Gasteiger partial charge in [0.05, 0.1) is 18.9 Å². The van der Waals surface area contributed by atoms with Gasteiger partial charge in [-0.25, -0.2) is 0 Å². The maximum atomic E-state index is 12.6. The standard InChI is InChI=1S/C16H22N2O4/c1-21-14(19)10-12-3-2-4-13(9-12)18-15(20)16(11-17)5-7-22-8-6-16/h2-4,9H,5-8,10-11,17H2,1H3,(H,18,20). The van der Waals surface area contributed by atoms with Crippen LogP contribution in [0.3, 0.4) is 0 Å². The van der Waals surface area contributed by atoms with Crippen molar-refractivity contribution in [2.24, 2.45) is 11.1 Å². The van der Waals surface area contributed by atoms with Crippen molar-refractivity contribution in [3.05, 3.63) is 29.8 Å². The maximum Gasteiger partial charge on any atom is 0.309 e. The summed E-state index contributed by atoms with van der Waals surface area (Å²) in [5, 5.41) is 2.91. The molecule has 1 saturated heterocycles. The number of rotatable bonds is 5. The largest absolute Gasteiger partial charge is 0.469 e. The lowest BCUT2D eigenvalue weighted by Crippen LogP contribution is -2.46. The van der Waals surface area contributed by atoms with Gasteiger partial charge in [-0.1, -0.05) is 12.1 Å². The first-order chi connectivity index (χ1) is 10.6. The number of nitrogens with one attached hydrogen (secondary N) is 1. The Morgan fingerprint density at radius 1 is 1.36 bits per heavy atom. The molecule has 1 aromatic carbocycles. The van der Waals surface area contributed by atoms with Crippen molar-refractivity contribution in [3.8, 4) is 0 Å². The van der Waals surface area contributed by atoms with Gasteiger partial charge in [0.2, 0.25) is 5.91 Å². The van der Waals surface area contributed by atoms with Gasteiger partial charge in [-0.15, -0.1) is 0 Å². The lowest BCUT2D eigenvalue weighted by Gasteiger charge is -2.34. The van der Waals surface area contributed by atoms with Crippen LogP contribution in [0.5, 0.6) is 0 Å². The second-order valence-electron chi connectivity index (χ2n) is 5.50. The maximum absolute atomic E-state index is 12.6. The Kier molecular flexibility index (Phi) is 5.51. The average molecular weight is 306 g/mol. The van der Waals surface area contributed by atoms with Gasteiger partial charge in [-0.2, -0.15) is 0 Å². The average Bonchev–Trinajstić information content (AvgIpc) is 2.55. The molecule has 1 aromatic rings. The van der Waals surface area contributed by atoms with Gasteiger partial charge in [-0.05, 0) is 30.5 Å². The molecule has 22 heavy (non-hydrogen) atoms. The number of carbonyl (C=O) groups excluding carboxylic acids is 2. The van der Waals surface area contributed by atoms with Crippen LogP contribution in [0.15, 0.2) is 24.3 Å². The number of benzene rings is 1. The lowest BCUT2D eigenvalue weighted by atomic mass is 9.79. The summed E-state index contributed by atoms with van der Waals surface area (Å²) in [6.45, 7) is 1.39. The summed E-state index contributed by atoms with van der Waals surface area (Å²) in [6.07, 6.45) is 1.42. The van der Waals surface area contributed by atoms with Gasteiger partial charge in [0.1, 0.15) is 0 Å². The van der Waals surface area contributed by atoms with E-state index in [2.05, 4.69) is 10.1 Å². The second-order valence-corrected chi connectivity index (χ2v) is 5.50. The molecule has 0 atom stereocenters. The van der Waals surface area contributed by atoms with E-state index in [-0.39, 0.29) is 18.3 Å². The van der Waals surface area contributed by atoms with E-state index in [9.17, 15) is 9.59 Å². The highest BCUT2D eigenvalue weighted by Gasteiger charge is 2.38. The molecule has 1 fully saturated rings. The van der Waals surface area contributed by atoms with Crippen LogP contribution in [0.1, 0.15) is 18.4 Å². The fourth-order valence-corrected chi connectivity index (χ4v) is 2.55. The normalized spacial score (nSPS) is 16.8. The summed E-state index contributed by atoms with van der Waals surface area (Å²) >= 11 is 0. The van der Waals surface area contributed by atoms with Gasteiger partial charge in [-0.3, -0.25) is 9.59 Å². The van der Waals surface area contributed by atoms with E-state index in [0.29, 0.717) is 38.3 Å². The Labute approximate surface area is 130 Å². The van der Waals surface area contributed by atoms with E-state index in [1.54, 1.807) is 18.2 Å². The number of anilines is 1. The predicted molar refractivity (Wildman–Crippen MR) is 82.3 cm³/mol. The van der Waals surface area contributed by atoms with Crippen LogP contribution >= 0.6 is 0 Å². The fourth-order valence-electron chi connectivity index (χ4n) is 2.55. The second kappa shape index (κ2) is 7.38. The van der Waals surface area contributed by atoms with Crippen molar-refractivity contribution in [2.45, 2.75) is 19.3 Å². The molecule has 0 unspecified atom stereocenters. The first-order valence-corrected chi connectivity index (χ1v) is 7.35. The number of hydrogen-bond donors (Lipinski definition) is 2. The minimum Gasteiger partial charge on any atom is -0.469 e. The van der Waals surface area contributed by atoms with Crippen molar-refractivity contribution in [2.75, 3.05) is 32.2 Å². The molecule has 3 N–H and O–H groups in total. The molecule has 0 spiro atoms. The Morgan fingerprint density at radius 2 is 2.09 bits per heavy atom. The zero-order valence-corrected chi connectivity index (χ0v) is 12.8. The van der Waals surface area contributed by atoms with E-state index in [1.807, 2.05) is 6.07 Å². The third-order valence-electron chi connectivity index (χ3n) is 4.08. The molecule has 0 aliphatic carbocycles. The fraction of sp³-hybridized carbons (Fsp3) is 0.500. The van der Waals surface area contributed by atoms with Gasteiger partial charge in [0.25, 0.3) is 0 Å². The molecule has 0 saturated carbocycles. The summed E-state index contributed by atoms with van der Waals surface area (Å²) < 4.78 is 9.96. The molecule has 0 radical (unpaired) electrons. The minimum absolute atomic E-state index is 0.0893. The topological polar surface area (TPSA) is 90.7 Å². The van der Waals surface area contributed by atoms with Crippen LogP contribution < -0.4 is 11.1 Å². The van der Waals surface area contributed by atoms with Gasteiger partial charge in [0.15, 0.2) is 0 Å². The van der Waals surface area contributed by atoms with Gasteiger partial charge in [0, 0.05) is 25.4 Å². The number of carbonyl (C=O) groups is 2. The number of methoxy groups -OCH3 is 1. The monoisotopic (exact) mass is 306 g/mol. The molecule has 0 aromatic heterocycles. The highest BCUT2D eigenvalue weighted by atomic mass is 16.5. The van der Waals surface area contributed by atoms with Crippen molar-refractivity contribution < 1.29 is 19.1 Å². The van der Waals surface area contributed by atoms with E-state index in [0.717, 1.165) is 5.56 Å². The van der Waals surface area contributed by atoms with Crippen LogP contribution in [0.25, 0.3) is 0 Å². The summed E-state index contributed by atoms with van der Waals surface area (Å²) in [5.41, 5.74) is 6.70. The van der Waals surface area contributed by atoms with E-state index in [4.69, 9.17) is 10.5 Å². The lowest BCUT2D eigenvalue weighted by molar-refractivity contribution is -0.139. The van der Waals surface area contributed by atoms with Crippen molar-refractivity contribution in [1.82, 2.24) is 0 Å². The van der Waals surface area contributed by atoms with Gasteiger partial charge >= 0.3 is 5.97 Å². The van der Waals surface area contributed by atoms with Crippen LogP contribution in [-0.4, -0.2) is 38.7 Å². The highest BCUT2D eigenvalue weighted by molar-refractivity contribution is 5.95. The van der Waals surface area contributed by atoms with E-state index >= 15 is 0 Å². The van der Waals surface area contributed by atoms with Crippen LogP contribution in [0.4, 0.5) is 5.69 Å². The number of ether oxygens (including phenoxy) is 2. The predicted octanol–water partition coefficient (Wildman–Crippen LogP) is 1.10. The molecule has 1 heterocycles. The third-order valence-corrected chi connectivity index (χ3v) is 4.08. The van der Waals surface area contributed by atoms with E-state index < -0.39 is 5.41 Å². The molecule has 0 bridgehead atoms. The van der Waals surface area contributed by atoms with Crippen molar-refractivity contribution in [1.29, 1.82) is 0 Å². The summed E-state index contributed by atoms with van der Waals surface area (Å²) in [5.74, 6) is -0.403. The molecule has 6 nitrogen and oxygen atoms in total. The number of amides is 1. The summed E-state index contributed by atoms with van der Waals surface area (Å²) in [7, 11) is 1.35. The molecule has 120 valence electrons. The molecular formula is C16H22N2O4. The minimum atomic E-state index is -0.573. The Balaban J connectivity index is 2.07. The van der Waals surface area contributed by atoms with Crippen LogP contribution in [-0.2, 0) is 25.5 Å². The first kappa shape index (κ1) is 16.5. The molecule has 1 amide bonds. The molecule has 1 aliphatic heterocycles. The van der Waals surface area contributed by atoms with Crippen molar-refractivity contribution >= 4 is 17.6 Å². The van der Waals surface area contributed by atoms with Crippen molar-refractivity contribution in [3.63, 3.8) is 0 Å². The Bertz CT molecular complexity index is 539. The zero-order chi connectivity index (χ0) is 16.0. The highest BCUT2D eigenvalue weighted by Crippen LogP contribution is 2.31. The SMILES string of the molecule is COC(=O)Cc1cccc(NC(=O)C2(CN)CCOCC2)c1. The molecule has 2 rings (SSSR count). The smallest absolute Gasteiger partial charge is 0.309 e. The number of esters is 1. The zero-order valence-electron chi connectivity index (χ0n) is 12.8. The number of hydrogen-bond acceptors (Lipinski definition) is 5. The molecule has 6 heteroatoms. The van der Waals surface area contributed by atoms with Gasteiger partial charge < -0.3 is 20.5 Å². The van der Waals surface area contributed by atoms with E-state index in [1.165, 1.54) is 7.11 Å². The molecular weight excluding hydrogens is 284 g/mol. The summed E-state index contributed by atoms with van der Waals surface area (Å²) in [6, 6.07) is 7.19. The third kappa shape index (κ3) is 3.84. The molecule has 1 aliphatic rings.